The van der Waals surface area contributed by atoms with E-state index in [1.165, 1.54) is 49.3 Å². The molecule has 54 heavy (non-hydrogen) atoms. The third-order valence-corrected chi connectivity index (χ3v) is 11.2. The molecule has 20 nitrogen and oxygen atoms in total. The number of carboxylic acid groups (broad SMARTS) is 1. The Morgan fingerprint density at radius 1 is 1.11 bits per heavy atom. The Balaban J connectivity index is 0.00000561. The predicted octanol–water partition coefficient (Wildman–Crippen LogP) is -4.55. The predicted molar refractivity (Wildman–Crippen MR) is 186 cm³/mol. The average molecular weight is 793 g/mol. The van der Waals surface area contributed by atoms with Crippen molar-refractivity contribution in [2.24, 2.45) is 7.05 Å². The Kier molecular flexibility index (Phi) is 13.0. The van der Waals surface area contributed by atoms with Gasteiger partial charge in [-0.05, 0) is 49.0 Å². The molecule has 6 rings (SSSR count). The van der Waals surface area contributed by atoms with Crippen molar-refractivity contribution in [2.75, 3.05) is 22.1 Å². The van der Waals surface area contributed by atoms with Crippen LogP contribution in [-0.2, 0) is 21.4 Å². The second kappa shape index (κ2) is 17.2. The number of fused-ring (bicyclic) bond motifs is 1. The van der Waals surface area contributed by atoms with Gasteiger partial charge in [0.1, 0.15) is 28.9 Å². The van der Waals surface area contributed by atoms with Gasteiger partial charge >= 0.3 is 46.7 Å². The number of amides is 4. The molecular formula is C31H33N10NaO10S2. The van der Waals surface area contributed by atoms with Crippen molar-refractivity contribution in [3.05, 3.63) is 68.0 Å². The zero-order valence-electron chi connectivity index (χ0n) is 28.8. The number of carboxylic acids is 1. The summed E-state index contributed by atoms with van der Waals surface area (Å²) >= 11 is 2.14. The first-order valence-corrected chi connectivity index (χ1v) is 18.2. The van der Waals surface area contributed by atoms with Crippen LogP contribution in [0.2, 0.25) is 0 Å². The zero-order chi connectivity index (χ0) is 38.0. The molecule has 8 N–H and O–H groups in total. The van der Waals surface area contributed by atoms with Crippen LogP contribution >= 0.6 is 23.5 Å². The molecule has 3 aromatic rings. The summed E-state index contributed by atoms with van der Waals surface area (Å²) in [5.41, 5.74) is -1.83. The number of phenols is 1. The van der Waals surface area contributed by atoms with E-state index in [-0.39, 0.29) is 87.0 Å². The van der Waals surface area contributed by atoms with Crippen molar-refractivity contribution in [1.29, 1.82) is 0 Å². The van der Waals surface area contributed by atoms with Crippen molar-refractivity contribution in [2.45, 2.75) is 60.4 Å². The maximum absolute atomic E-state index is 13.7. The fourth-order valence-corrected chi connectivity index (χ4v) is 8.35. The Bertz CT molecular complexity index is 2090. The molecule has 2 fully saturated rings. The number of aliphatic hydroxyl groups is 1. The van der Waals surface area contributed by atoms with E-state index in [9.17, 15) is 49.2 Å². The molecule has 2 aliphatic heterocycles. The first-order valence-electron chi connectivity index (χ1n) is 16.1. The fraction of sp³-hybridized carbons (Fsp3) is 0.387. The van der Waals surface area contributed by atoms with E-state index in [0.29, 0.717) is 31.3 Å². The van der Waals surface area contributed by atoms with Crippen LogP contribution in [-0.4, -0.2) is 104 Å². The Labute approximate surface area is 335 Å². The zero-order valence-corrected chi connectivity index (χ0v) is 32.4. The quantitative estimate of drug-likeness (QED) is 0.0393. The molecule has 2 aromatic heterocycles. The van der Waals surface area contributed by atoms with Crippen LogP contribution in [0.5, 0.6) is 11.6 Å². The van der Waals surface area contributed by atoms with E-state index < -0.39 is 58.3 Å². The summed E-state index contributed by atoms with van der Waals surface area (Å²) in [7, 11) is 1.34. The number of aromatic nitrogens is 5. The number of thioether (sulfide) groups is 2. The number of H-pyrrole nitrogens is 1. The number of anilines is 2. The minimum absolute atomic E-state index is 0. The summed E-state index contributed by atoms with van der Waals surface area (Å²) in [5, 5.41) is 58.0. The third-order valence-electron chi connectivity index (χ3n) is 8.76. The van der Waals surface area contributed by atoms with E-state index in [4.69, 9.17) is 0 Å². The summed E-state index contributed by atoms with van der Waals surface area (Å²) in [6, 6.07) is 1.76. The summed E-state index contributed by atoms with van der Waals surface area (Å²) < 4.78 is 1.01. The molecule has 0 radical (unpaired) electrons. The van der Waals surface area contributed by atoms with Gasteiger partial charge in [0.15, 0.2) is 5.16 Å². The number of carbonyl (C=O) groups is 4. The Hall–Kier alpha value is -4.61. The van der Waals surface area contributed by atoms with Crippen molar-refractivity contribution in [3.63, 3.8) is 0 Å². The number of β-lactam (4-membered cyclic amide) rings is 1. The Morgan fingerprint density at radius 2 is 1.81 bits per heavy atom. The number of aliphatic carboxylic acids is 1. The smallest absolute Gasteiger partial charge is 0.543 e. The third kappa shape index (κ3) is 8.84. The summed E-state index contributed by atoms with van der Waals surface area (Å²) in [6.45, 7) is 0. The van der Waals surface area contributed by atoms with Crippen molar-refractivity contribution in [3.8, 4) is 11.6 Å². The van der Waals surface area contributed by atoms with Gasteiger partial charge in [0.05, 0.1) is 24.0 Å². The maximum atomic E-state index is 13.7. The van der Waals surface area contributed by atoms with Gasteiger partial charge in [-0.15, -0.1) is 16.9 Å². The van der Waals surface area contributed by atoms with Crippen LogP contribution in [0, 0.1) is 0 Å². The first-order chi connectivity index (χ1) is 25.3. The van der Waals surface area contributed by atoms with Gasteiger partial charge < -0.3 is 46.5 Å². The van der Waals surface area contributed by atoms with Crippen LogP contribution in [0.4, 0.5) is 16.4 Å². The average Bonchev–Trinajstić information content (AvgIpc) is 3.13. The van der Waals surface area contributed by atoms with E-state index in [0.717, 1.165) is 21.2 Å². The number of carbonyl (C=O) groups excluding carboxylic acids is 4. The molecule has 3 aliphatic rings. The van der Waals surface area contributed by atoms with Crippen LogP contribution in [0.1, 0.15) is 37.3 Å². The number of urea groups is 1. The molecule has 23 heteroatoms. The SMILES string of the molecule is Cn1c(SCC2=C(C(=O)[O-])N3C(=O)C(NC(=O)C(NC(=O)Nc4cnc(NC5CCC(O)CC5)nc4O)c4ccc(O)cc4)[C@@H]3SC2)n[nH]c(=O)c1=O.[Na+]. The maximum Gasteiger partial charge on any atom is 1.00 e. The van der Waals surface area contributed by atoms with E-state index in [1.54, 1.807) is 0 Å². The second-order valence-electron chi connectivity index (χ2n) is 12.3. The van der Waals surface area contributed by atoms with Gasteiger partial charge in [0, 0.05) is 24.6 Å². The van der Waals surface area contributed by atoms with Gasteiger partial charge in [-0.3, -0.25) is 28.6 Å². The number of hydrogen-bond donors (Lipinski definition) is 8. The van der Waals surface area contributed by atoms with Crippen molar-refractivity contribution >= 4 is 59.0 Å². The summed E-state index contributed by atoms with van der Waals surface area (Å²) in [4.78, 5) is 85.0. The topological polar surface area (TPSA) is 297 Å². The summed E-state index contributed by atoms with van der Waals surface area (Å²) in [5.74, 6) is -3.66. The van der Waals surface area contributed by atoms with Gasteiger partial charge in [0.2, 0.25) is 17.7 Å². The number of aromatic hydroxyl groups is 2. The van der Waals surface area contributed by atoms with E-state index in [1.807, 2.05) is 0 Å². The van der Waals surface area contributed by atoms with Crippen LogP contribution in [0.15, 0.2) is 56.5 Å². The largest absolute Gasteiger partial charge is 1.00 e. The number of benzene rings is 1. The van der Waals surface area contributed by atoms with Gasteiger partial charge in [-0.2, -0.15) is 4.98 Å². The van der Waals surface area contributed by atoms with E-state index >= 15 is 0 Å². The first kappa shape index (κ1) is 40.6. The molecule has 1 aliphatic carbocycles. The molecule has 2 unspecified atom stereocenters. The number of aromatic amines is 1. The minimum Gasteiger partial charge on any atom is -0.543 e. The summed E-state index contributed by atoms with van der Waals surface area (Å²) in [6.07, 6.45) is 3.43. The molecule has 280 valence electrons. The van der Waals surface area contributed by atoms with Gasteiger partial charge in [-0.1, -0.05) is 23.9 Å². The number of rotatable bonds is 11. The number of aliphatic hydroxyl groups excluding tert-OH is 1. The van der Waals surface area contributed by atoms with Crippen LogP contribution in [0.3, 0.4) is 0 Å². The second-order valence-corrected chi connectivity index (χ2v) is 14.4. The van der Waals surface area contributed by atoms with Gasteiger partial charge in [-0.25, -0.2) is 14.9 Å². The molecule has 1 saturated carbocycles. The van der Waals surface area contributed by atoms with Gasteiger partial charge in [0.25, 0.3) is 5.91 Å². The molecule has 1 aromatic carbocycles. The molecular weight excluding hydrogens is 760 g/mol. The number of phenolic OH excluding ortho intramolecular Hbond substituents is 1. The fourth-order valence-electron chi connectivity index (χ4n) is 5.95. The van der Waals surface area contributed by atoms with E-state index in [2.05, 4.69) is 41.4 Å². The molecule has 0 spiro atoms. The van der Waals surface area contributed by atoms with Crippen molar-refractivity contribution in [1.82, 2.24) is 40.3 Å². The number of nitrogens with zero attached hydrogens (tertiary/aromatic N) is 5. The normalized spacial score (nSPS) is 21.1. The monoisotopic (exact) mass is 792 g/mol. The Morgan fingerprint density at radius 3 is 2.48 bits per heavy atom. The van der Waals surface area contributed by atoms with Crippen LogP contribution in [0.25, 0.3) is 0 Å². The standard InChI is InChI=1S/C31H34N10O10S2.Na/c1-40-26(48)24(46)38-39-31(40)53-12-14-11-52-27-20(25(47)41(27)21(14)28(49)50)35-23(45)19(13-2-6-16(42)7-3-13)36-30(51)34-18-10-32-29(37-22(18)44)33-15-4-8-17(43)9-5-15;/h2-3,6-7,10,15,17,19-20,27,42-43H,4-5,8-9,11-12H2,1H3,(H,35,45)(H,38,46)(H,49,50)(H2,34,36,51)(H2,32,33,37,44);/q;+1/p-1/t15?,17?,19?,20?,27-;/m0./s1. The number of hydrogen-bond acceptors (Lipinski definition) is 16. The molecule has 4 amide bonds. The molecule has 4 heterocycles. The minimum atomic E-state index is -1.63. The number of nitrogens with one attached hydrogen (secondary N) is 5. The van der Waals surface area contributed by atoms with Crippen LogP contribution < -0.4 is 67.0 Å². The molecule has 1 saturated heterocycles. The van der Waals surface area contributed by atoms with Crippen molar-refractivity contribution < 1.29 is 69.2 Å². The molecule has 0 bridgehead atoms. The molecule has 3 atom stereocenters.